The number of benzene rings is 1. The minimum absolute atomic E-state index is 0.288. The first-order valence-corrected chi connectivity index (χ1v) is 6.98. The smallest absolute Gasteiger partial charge is 0.305 e. The van der Waals surface area contributed by atoms with Gasteiger partial charge in [-0.2, -0.15) is 0 Å². The van der Waals surface area contributed by atoms with Gasteiger partial charge in [-0.1, -0.05) is 41.4 Å². The first-order chi connectivity index (χ1) is 8.33. The molecule has 0 aromatic heterocycles. The Kier molecular flexibility index (Phi) is 5.59. The maximum Gasteiger partial charge on any atom is 0.305 e. The summed E-state index contributed by atoms with van der Waals surface area (Å²) in [6.45, 7) is 0. The number of aliphatic carboxylic acids is 1. The van der Waals surface area contributed by atoms with Crippen LogP contribution in [0.5, 0.6) is 0 Å². The lowest BCUT2D eigenvalue weighted by Crippen LogP contribution is -2.28. The molecule has 0 aliphatic rings. The van der Waals surface area contributed by atoms with Gasteiger partial charge in [0.15, 0.2) is 3.67 Å². The normalized spacial score (nSPS) is 15.1. The molecule has 0 heterocycles. The van der Waals surface area contributed by atoms with Crippen molar-refractivity contribution in [3.63, 3.8) is 0 Å². The second-order valence-corrected chi connectivity index (χ2v) is 7.31. The Morgan fingerprint density at radius 3 is 2.39 bits per heavy atom. The van der Waals surface area contributed by atoms with E-state index in [0.717, 1.165) is 0 Å². The molecule has 0 fully saturated rings. The summed E-state index contributed by atoms with van der Waals surface area (Å²) in [7, 11) is -1.75. The van der Waals surface area contributed by atoms with E-state index in [2.05, 4.69) is 0 Å². The Labute approximate surface area is 117 Å². The summed E-state index contributed by atoms with van der Waals surface area (Å²) in [5.41, 5.74) is 0. The second-order valence-electron chi connectivity index (χ2n) is 3.67. The van der Waals surface area contributed by atoms with E-state index in [9.17, 15) is 14.1 Å². The van der Waals surface area contributed by atoms with Crippen LogP contribution < -0.4 is 0 Å². The summed E-state index contributed by atoms with van der Waals surface area (Å²) in [5.74, 6) is -1.17. The molecule has 100 valence electrons. The van der Waals surface area contributed by atoms with Gasteiger partial charge >= 0.3 is 5.97 Å². The van der Waals surface area contributed by atoms with Crippen molar-refractivity contribution in [3.05, 3.63) is 30.3 Å². The Morgan fingerprint density at radius 1 is 1.33 bits per heavy atom. The van der Waals surface area contributed by atoms with E-state index in [0.29, 0.717) is 4.90 Å². The largest absolute Gasteiger partial charge is 0.481 e. The molecule has 1 aromatic carbocycles. The standard InChI is InChI=1S/C11H12Cl2O4S/c12-11(13,7-8(14)6-10(15)16)18(17)9-4-2-1-3-5-9/h1-5,8,14H,6-7H2,(H,15,16). The lowest BCUT2D eigenvalue weighted by molar-refractivity contribution is -0.139. The first-order valence-electron chi connectivity index (χ1n) is 5.07. The summed E-state index contributed by atoms with van der Waals surface area (Å²) in [6.07, 6.45) is -2.03. The highest BCUT2D eigenvalue weighted by Gasteiger charge is 2.36. The Morgan fingerprint density at radius 2 is 1.89 bits per heavy atom. The highest BCUT2D eigenvalue weighted by molar-refractivity contribution is 7.89. The average molecular weight is 311 g/mol. The van der Waals surface area contributed by atoms with Crippen LogP contribution >= 0.6 is 23.2 Å². The zero-order chi connectivity index (χ0) is 13.8. The van der Waals surface area contributed by atoms with E-state index in [1.807, 2.05) is 0 Å². The highest BCUT2D eigenvalue weighted by Crippen LogP contribution is 2.35. The molecule has 4 nitrogen and oxygen atoms in total. The number of aliphatic hydroxyl groups excluding tert-OH is 1. The van der Waals surface area contributed by atoms with Crippen LogP contribution in [0.2, 0.25) is 0 Å². The monoisotopic (exact) mass is 310 g/mol. The number of carbonyl (C=O) groups is 1. The molecule has 0 aliphatic heterocycles. The number of hydrogen-bond donors (Lipinski definition) is 2. The second kappa shape index (κ2) is 6.52. The van der Waals surface area contributed by atoms with Crippen LogP contribution in [0.15, 0.2) is 35.2 Å². The summed E-state index contributed by atoms with van der Waals surface area (Å²) < 4.78 is 10.4. The van der Waals surface area contributed by atoms with Crippen LogP contribution in [0.25, 0.3) is 0 Å². The van der Waals surface area contributed by atoms with Crippen molar-refractivity contribution < 1.29 is 19.2 Å². The topological polar surface area (TPSA) is 74.6 Å². The van der Waals surface area contributed by atoms with Gasteiger partial charge in [-0.05, 0) is 12.1 Å². The molecule has 2 unspecified atom stereocenters. The molecule has 0 saturated heterocycles. The van der Waals surface area contributed by atoms with Crippen LogP contribution in [-0.4, -0.2) is 30.2 Å². The van der Waals surface area contributed by atoms with Gasteiger partial charge in [-0.15, -0.1) is 0 Å². The van der Waals surface area contributed by atoms with Crippen molar-refractivity contribution in [1.29, 1.82) is 0 Å². The van der Waals surface area contributed by atoms with E-state index < -0.39 is 33.0 Å². The van der Waals surface area contributed by atoms with Gasteiger partial charge in [-0.3, -0.25) is 9.00 Å². The van der Waals surface area contributed by atoms with Crippen LogP contribution in [0.1, 0.15) is 12.8 Å². The minimum Gasteiger partial charge on any atom is -0.481 e. The predicted octanol–water partition coefficient (Wildman–Crippen LogP) is 2.15. The van der Waals surface area contributed by atoms with E-state index in [4.69, 9.17) is 28.3 Å². The molecular weight excluding hydrogens is 299 g/mol. The van der Waals surface area contributed by atoms with Gasteiger partial charge in [0, 0.05) is 11.3 Å². The quantitative estimate of drug-likeness (QED) is 0.790. The molecule has 2 atom stereocenters. The lowest BCUT2D eigenvalue weighted by Gasteiger charge is -2.21. The van der Waals surface area contributed by atoms with E-state index in [1.165, 1.54) is 0 Å². The average Bonchev–Trinajstić information content (AvgIpc) is 2.27. The van der Waals surface area contributed by atoms with Gasteiger partial charge in [0.2, 0.25) is 0 Å². The maximum atomic E-state index is 12.1. The Bertz CT molecular complexity index is 436. The van der Waals surface area contributed by atoms with Crippen molar-refractivity contribution in [3.8, 4) is 0 Å². The van der Waals surface area contributed by atoms with Crippen LogP contribution in [0.4, 0.5) is 0 Å². The third-order valence-electron chi connectivity index (χ3n) is 2.11. The maximum absolute atomic E-state index is 12.1. The van der Waals surface area contributed by atoms with Crippen LogP contribution in [0, 0.1) is 0 Å². The molecule has 0 spiro atoms. The van der Waals surface area contributed by atoms with Crippen molar-refractivity contribution in [2.75, 3.05) is 0 Å². The van der Waals surface area contributed by atoms with E-state index in [-0.39, 0.29) is 6.42 Å². The molecular formula is C11H12Cl2O4S. The molecule has 0 saturated carbocycles. The lowest BCUT2D eigenvalue weighted by atomic mass is 10.2. The van der Waals surface area contributed by atoms with Crippen molar-refractivity contribution >= 4 is 40.0 Å². The zero-order valence-electron chi connectivity index (χ0n) is 9.25. The number of carboxylic acid groups (broad SMARTS) is 1. The molecule has 18 heavy (non-hydrogen) atoms. The van der Waals surface area contributed by atoms with Crippen molar-refractivity contribution in [2.45, 2.75) is 27.5 Å². The SMILES string of the molecule is O=C(O)CC(O)CC(Cl)(Cl)S(=O)c1ccccc1. The molecule has 1 rings (SSSR count). The summed E-state index contributed by atoms with van der Waals surface area (Å²) in [4.78, 5) is 10.8. The number of rotatable bonds is 6. The zero-order valence-corrected chi connectivity index (χ0v) is 11.6. The van der Waals surface area contributed by atoms with E-state index >= 15 is 0 Å². The molecule has 0 bridgehead atoms. The number of aliphatic hydroxyl groups is 1. The molecule has 2 N–H and O–H groups in total. The van der Waals surface area contributed by atoms with Gasteiger partial charge in [0.05, 0.1) is 23.3 Å². The van der Waals surface area contributed by atoms with Gasteiger partial charge in [-0.25, -0.2) is 0 Å². The van der Waals surface area contributed by atoms with Gasteiger partial charge in [0.1, 0.15) is 0 Å². The van der Waals surface area contributed by atoms with E-state index in [1.54, 1.807) is 30.3 Å². The summed E-state index contributed by atoms with van der Waals surface area (Å²) in [5, 5.41) is 18.0. The number of halogens is 2. The van der Waals surface area contributed by atoms with Crippen LogP contribution in [0.3, 0.4) is 0 Å². The Hall–Kier alpha value is -0.620. The van der Waals surface area contributed by atoms with Crippen LogP contribution in [-0.2, 0) is 15.6 Å². The Balaban J connectivity index is 2.74. The first kappa shape index (κ1) is 15.4. The minimum atomic E-state index is -1.75. The van der Waals surface area contributed by atoms with Crippen molar-refractivity contribution in [2.24, 2.45) is 0 Å². The molecule has 0 amide bonds. The third kappa shape index (κ3) is 4.57. The molecule has 1 aromatic rings. The summed E-state index contributed by atoms with van der Waals surface area (Å²) in [6, 6.07) is 8.32. The third-order valence-corrected chi connectivity index (χ3v) is 4.67. The highest BCUT2D eigenvalue weighted by atomic mass is 35.5. The molecule has 0 radical (unpaired) electrons. The number of hydrogen-bond acceptors (Lipinski definition) is 3. The molecule has 0 aliphatic carbocycles. The predicted molar refractivity (Wildman–Crippen MR) is 70.2 cm³/mol. The fourth-order valence-corrected chi connectivity index (χ4v) is 3.32. The van der Waals surface area contributed by atoms with Gasteiger partial charge < -0.3 is 10.2 Å². The fraction of sp³-hybridized carbons (Fsp3) is 0.364. The number of alkyl halides is 2. The summed E-state index contributed by atoms with van der Waals surface area (Å²) >= 11 is 11.8. The fourth-order valence-electron chi connectivity index (χ4n) is 1.34. The number of carboxylic acids is 1. The van der Waals surface area contributed by atoms with Gasteiger partial charge in [0.25, 0.3) is 0 Å². The van der Waals surface area contributed by atoms with Crippen molar-refractivity contribution in [1.82, 2.24) is 0 Å². The molecule has 7 heteroatoms.